The van der Waals surface area contributed by atoms with Gasteiger partial charge in [0.2, 0.25) is 0 Å². The van der Waals surface area contributed by atoms with E-state index in [0.29, 0.717) is 56.6 Å². The second kappa shape index (κ2) is 7.98. The molecule has 0 saturated carbocycles. The van der Waals surface area contributed by atoms with E-state index in [-0.39, 0.29) is 11.3 Å². The van der Waals surface area contributed by atoms with Gasteiger partial charge < -0.3 is 24.6 Å². The Bertz CT molecular complexity index is 1500. The number of carboxylic acid groups (broad SMARTS) is 1. The summed E-state index contributed by atoms with van der Waals surface area (Å²) in [7, 11) is 0. The highest BCUT2D eigenvalue weighted by molar-refractivity contribution is 6.29. The Balaban J connectivity index is 1.61. The number of aromatic nitrogens is 1. The Hall–Kier alpha value is -4.13. The number of nitrogens with one attached hydrogen (secondary N) is 1. The number of ketones is 1. The molecule has 176 valence electrons. The number of carboxylic acids is 1. The van der Waals surface area contributed by atoms with Crippen molar-refractivity contribution in [3.63, 3.8) is 0 Å². The Kier molecular flexibility index (Phi) is 4.88. The van der Waals surface area contributed by atoms with E-state index in [2.05, 4.69) is 29.2 Å². The molecule has 1 aliphatic heterocycles. The summed E-state index contributed by atoms with van der Waals surface area (Å²) in [5.74, 6) is 0.128. The molecule has 6 rings (SSSR count). The van der Waals surface area contributed by atoms with Gasteiger partial charge in [-0.25, -0.2) is 0 Å². The summed E-state index contributed by atoms with van der Waals surface area (Å²) in [6, 6.07) is 15.8. The van der Waals surface area contributed by atoms with Gasteiger partial charge in [-0.2, -0.15) is 0 Å². The number of aromatic carboxylic acids is 1. The normalized spacial score (nSPS) is 19.0. The zero-order valence-corrected chi connectivity index (χ0v) is 19.5. The van der Waals surface area contributed by atoms with Gasteiger partial charge in [0, 0.05) is 35.5 Å². The summed E-state index contributed by atoms with van der Waals surface area (Å²) in [6.45, 7) is 6.20. The van der Waals surface area contributed by atoms with Crippen LogP contribution >= 0.6 is 0 Å². The van der Waals surface area contributed by atoms with Crippen molar-refractivity contribution >= 4 is 39.7 Å². The Morgan fingerprint density at radius 2 is 1.71 bits per heavy atom. The predicted molar refractivity (Wildman–Crippen MR) is 132 cm³/mol. The molecule has 2 heterocycles. The number of carbonyl (C=O) groups excluding carboxylic acids is 2. The van der Waals surface area contributed by atoms with E-state index < -0.39 is 5.97 Å². The maximum Gasteiger partial charge on any atom is 0.196 e. The third kappa shape index (κ3) is 3.38. The molecule has 1 saturated heterocycles. The number of fused-ring (bicyclic) bond motifs is 2. The van der Waals surface area contributed by atoms with Crippen molar-refractivity contribution in [2.75, 3.05) is 23.3 Å². The largest absolute Gasteiger partial charge is 0.545 e. The van der Waals surface area contributed by atoms with E-state index in [1.54, 1.807) is 24.3 Å². The molecule has 0 spiro atoms. The lowest BCUT2D eigenvalue weighted by atomic mass is 9.85. The van der Waals surface area contributed by atoms with E-state index in [9.17, 15) is 14.7 Å². The van der Waals surface area contributed by atoms with Crippen LogP contribution in [-0.4, -0.2) is 30.0 Å². The van der Waals surface area contributed by atoms with Gasteiger partial charge in [-0.15, -0.1) is 0 Å². The number of nitrogens with zero attached hydrogens (tertiary/aromatic N) is 2. The number of benzene rings is 3. The minimum absolute atomic E-state index is 0.0239. The van der Waals surface area contributed by atoms with Crippen molar-refractivity contribution in [3.05, 3.63) is 71.3 Å². The SMILES string of the molecule is CC1CC(C)CN(c2cc(Nc3ccccc3C(=O)[O-])c3c4c(onc24)-c2ccccc2C3=O)C1. The molecule has 35 heavy (non-hydrogen) atoms. The first-order chi connectivity index (χ1) is 16.9. The van der Waals surface area contributed by atoms with E-state index in [0.717, 1.165) is 25.2 Å². The summed E-state index contributed by atoms with van der Waals surface area (Å²) in [5, 5.41) is 20.1. The van der Waals surface area contributed by atoms with Gasteiger partial charge in [0.15, 0.2) is 11.5 Å². The Morgan fingerprint density at radius 1 is 1.03 bits per heavy atom. The van der Waals surface area contributed by atoms with Crippen LogP contribution in [0.4, 0.5) is 17.1 Å². The summed E-state index contributed by atoms with van der Waals surface area (Å²) in [5.41, 5.74) is 4.11. The third-order valence-electron chi connectivity index (χ3n) is 7.00. The second-order valence-corrected chi connectivity index (χ2v) is 9.74. The van der Waals surface area contributed by atoms with Gasteiger partial charge >= 0.3 is 0 Å². The van der Waals surface area contributed by atoms with Crippen molar-refractivity contribution in [2.45, 2.75) is 20.3 Å². The van der Waals surface area contributed by atoms with Gasteiger partial charge in [0.25, 0.3) is 0 Å². The fourth-order valence-electron chi connectivity index (χ4n) is 5.66. The maximum absolute atomic E-state index is 13.8. The average Bonchev–Trinajstić information content (AvgIpc) is 3.27. The lowest BCUT2D eigenvalue weighted by Gasteiger charge is -2.37. The van der Waals surface area contributed by atoms with Gasteiger partial charge in [0.1, 0.15) is 5.52 Å². The third-order valence-corrected chi connectivity index (χ3v) is 7.00. The lowest BCUT2D eigenvalue weighted by molar-refractivity contribution is -0.254. The molecule has 0 amide bonds. The van der Waals surface area contributed by atoms with Crippen LogP contribution in [0, 0.1) is 11.8 Å². The van der Waals surface area contributed by atoms with Gasteiger partial charge in [-0.1, -0.05) is 61.5 Å². The standard InChI is InChI=1S/C28H25N3O4/c1-15-11-16(2)14-31(13-15)22-12-21(29-20-10-6-5-9-19(20)28(33)34)23-24-25(22)30-35-27(24)18-8-4-3-7-17(18)26(23)32/h3-10,12,15-16,29H,11,13-14H2,1-2H3,(H,33,34)/p-1. The van der Waals surface area contributed by atoms with Crippen LogP contribution in [0.5, 0.6) is 0 Å². The highest BCUT2D eigenvalue weighted by Gasteiger charge is 2.34. The smallest absolute Gasteiger partial charge is 0.196 e. The monoisotopic (exact) mass is 466 g/mol. The molecule has 7 heteroatoms. The van der Waals surface area contributed by atoms with Crippen LogP contribution in [-0.2, 0) is 0 Å². The topological polar surface area (TPSA) is 98.5 Å². The van der Waals surface area contributed by atoms with E-state index in [4.69, 9.17) is 4.52 Å². The van der Waals surface area contributed by atoms with Crippen LogP contribution in [0.15, 0.2) is 59.1 Å². The fourth-order valence-corrected chi connectivity index (χ4v) is 5.66. The minimum Gasteiger partial charge on any atom is -0.545 e. The molecule has 1 N–H and O–H groups in total. The number of rotatable bonds is 4. The van der Waals surface area contributed by atoms with E-state index in [1.165, 1.54) is 6.07 Å². The number of hydrogen-bond acceptors (Lipinski definition) is 7. The second-order valence-electron chi connectivity index (χ2n) is 9.74. The number of carbonyl (C=O) groups is 2. The molecule has 3 aromatic carbocycles. The summed E-state index contributed by atoms with van der Waals surface area (Å²) < 4.78 is 5.86. The molecule has 1 aliphatic carbocycles. The van der Waals surface area contributed by atoms with Crippen LogP contribution in [0.3, 0.4) is 0 Å². The van der Waals surface area contributed by atoms with Gasteiger partial charge in [0.05, 0.1) is 28.3 Å². The van der Waals surface area contributed by atoms with Crippen LogP contribution < -0.4 is 15.3 Å². The molecule has 0 bridgehead atoms. The zero-order valence-electron chi connectivity index (χ0n) is 19.5. The van der Waals surface area contributed by atoms with Gasteiger partial charge in [-0.05, 0) is 30.4 Å². The van der Waals surface area contributed by atoms with Crippen molar-refractivity contribution in [1.82, 2.24) is 5.16 Å². The fraction of sp³-hybridized carbons (Fsp3) is 0.250. The highest BCUT2D eigenvalue weighted by atomic mass is 16.5. The molecule has 2 atom stereocenters. The summed E-state index contributed by atoms with van der Waals surface area (Å²) >= 11 is 0. The molecule has 2 unspecified atom stereocenters. The molecule has 1 fully saturated rings. The van der Waals surface area contributed by atoms with Crippen LogP contribution in [0.1, 0.15) is 46.5 Å². The van der Waals surface area contributed by atoms with Gasteiger partial charge in [-0.3, -0.25) is 4.79 Å². The zero-order chi connectivity index (χ0) is 24.3. The lowest BCUT2D eigenvalue weighted by Crippen LogP contribution is -2.39. The molecular weight excluding hydrogens is 442 g/mol. The number of para-hydroxylation sites is 1. The van der Waals surface area contributed by atoms with Crippen LogP contribution in [0.25, 0.3) is 22.2 Å². The molecule has 0 radical (unpaired) electrons. The molecule has 1 aromatic heterocycles. The van der Waals surface area contributed by atoms with Crippen molar-refractivity contribution in [2.24, 2.45) is 11.8 Å². The first kappa shape index (κ1) is 21.4. The first-order valence-corrected chi connectivity index (χ1v) is 11.8. The average molecular weight is 467 g/mol. The van der Waals surface area contributed by atoms with Crippen molar-refractivity contribution < 1.29 is 19.2 Å². The predicted octanol–water partition coefficient (Wildman–Crippen LogP) is 4.63. The van der Waals surface area contributed by atoms with Crippen molar-refractivity contribution in [1.29, 1.82) is 0 Å². The highest BCUT2D eigenvalue weighted by Crippen LogP contribution is 2.47. The number of anilines is 3. The Morgan fingerprint density at radius 3 is 2.46 bits per heavy atom. The van der Waals surface area contributed by atoms with E-state index >= 15 is 0 Å². The number of piperidine rings is 1. The summed E-state index contributed by atoms with van der Waals surface area (Å²) in [6.07, 6.45) is 1.15. The number of hydrogen-bond donors (Lipinski definition) is 1. The molecular formula is C28H24N3O4-. The van der Waals surface area contributed by atoms with Crippen molar-refractivity contribution in [3.8, 4) is 11.3 Å². The molecule has 2 aliphatic rings. The quantitative estimate of drug-likeness (QED) is 0.412. The first-order valence-electron chi connectivity index (χ1n) is 11.8. The van der Waals surface area contributed by atoms with E-state index in [1.807, 2.05) is 24.3 Å². The summed E-state index contributed by atoms with van der Waals surface area (Å²) in [4.78, 5) is 27.8. The molecule has 7 nitrogen and oxygen atoms in total. The minimum atomic E-state index is -1.29. The van der Waals surface area contributed by atoms with Crippen LogP contribution in [0.2, 0.25) is 0 Å². The molecule has 4 aromatic rings. The maximum atomic E-state index is 13.8. The Labute approximate surface area is 202 Å².